The van der Waals surface area contributed by atoms with Crippen molar-refractivity contribution in [3.05, 3.63) is 11.6 Å². The third-order valence-electron chi connectivity index (χ3n) is 12.7. The number of hydroxylamine groups is 2. The maximum Gasteiger partial charge on any atom is 0.331 e. The average molecular weight is 566 g/mol. The van der Waals surface area contributed by atoms with Crippen molar-refractivity contribution in [2.24, 2.45) is 34.5 Å². The average Bonchev–Trinajstić information content (AvgIpc) is 3.47. The molecule has 0 aromatic carbocycles. The molecule has 6 aliphatic rings. The molecule has 10 nitrogen and oxygen atoms in total. The van der Waals surface area contributed by atoms with E-state index in [0.29, 0.717) is 18.8 Å². The second kappa shape index (κ2) is 9.98. The standard InChI is InChI=1S/C30H47NO9/c1-15-24(34)25(35)26(36)27(40-15)31(38-4)18-7-9-28(2)17(12-18)5-6-20-21(28)13-22(32)29(3)19(8-10-30(20,29)37)16-11-23(33)39-14-16/h11,15,17-22,24-27,32,34-37H,5-10,12-14H2,1-4H3/t15-,17-,18-,19-,20-,21+,22-,24-,25+,26-,27-,28+,29+,30+/m1/s1. The Bertz CT molecular complexity index is 1040. The van der Waals surface area contributed by atoms with E-state index in [2.05, 4.69) is 6.92 Å². The molecule has 0 spiro atoms. The van der Waals surface area contributed by atoms with Crippen molar-refractivity contribution in [3.63, 3.8) is 0 Å². The van der Waals surface area contributed by atoms with E-state index in [-0.39, 0.29) is 41.8 Å². The quantitative estimate of drug-likeness (QED) is 0.249. The maximum absolute atomic E-state index is 12.5. The lowest BCUT2D eigenvalue weighted by molar-refractivity contribution is -0.340. The summed E-state index contributed by atoms with van der Waals surface area (Å²) in [4.78, 5) is 17.6. The molecule has 4 saturated carbocycles. The van der Waals surface area contributed by atoms with Gasteiger partial charge < -0.3 is 35.0 Å². The van der Waals surface area contributed by atoms with E-state index in [1.54, 1.807) is 25.2 Å². The fourth-order valence-electron chi connectivity index (χ4n) is 10.3. The van der Waals surface area contributed by atoms with Gasteiger partial charge in [0.15, 0.2) is 6.23 Å². The minimum atomic E-state index is -1.32. The van der Waals surface area contributed by atoms with Crippen molar-refractivity contribution in [3.8, 4) is 0 Å². The highest BCUT2D eigenvalue weighted by atomic mass is 16.7. The Balaban J connectivity index is 1.22. The molecule has 2 heterocycles. The fourth-order valence-corrected chi connectivity index (χ4v) is 10.3. The summed E-state index contributed by atoms with van der Waals surface area (Å²) in [7, 11) is 1.55. The lowest BCUT2D eigenvalue weighted by atomic mass is 9.42. The van der Waals surface area contributed by atoms with Crippen LogP contribution in [-0.4, -0.2) is 98.7 Å². The Morgan fingerprint density at radius 2 is 1.73 bits per heavy atom. The van der Waals surface area contributed by atoms with Crippen LogP contribution in [-0.2, 0) is 19.1 Å². The van der Waals surface area contributed by atoms with Gasteiger partial charge in [0.05, 0.1) is 24.9 Å². The van der Waals surface area contributed by atoms with Crippen molar-refractivity contribution in [2.75, 3.05) is 13.7 Å². The highest BCUT2D eigenvalue weighted by Crippen LogP contribution is 2.70. The second-order valence-corrected chi connectivity index (χ2v) is 14.0. The number of carbonyl (C=O) groups is 1. The van der Waals surface area contributed by atoms with Crippen LogP contribution in [0.2, 0.25) is 0 Å². The number of hydrogen-bond acceptors (Lipinski definition) is 10. The summed E-state index contributed by atoms with van der Waals surface area (Å²) >= 11 is 0. The highest BCUT2D eigenvalue weighted by molar-refractivity contribution is 5.85. The number of aliphatic hydroxyl groups excluding tert-OH is 4. The molecule has 2 aliphatic heterocycles. The topological polar surface area (TPSA) is 149 Å². The van der Waals surface area contributed by atoms with E-state index in [9.17, 15) is 30.3 Å². The molecule has 10 heteroatoms. The Morgan fingerprint density at radius 3 is 2.40 bits per heavy atom. The molecule has 1 saturated heterocycles. The van der Waals surface area contributed by atoms with Crippen LogP contribution < -0.4 is 0 Å². The van der Waals surface area contributed by atoms with Crippen LogP contribution in [0.3, 0.4) is 0 Å². The van der Waals surface area contributed by atoms with Crippen LogP contribution in [0, 0.1) is 34.5 Å². The van der Waals surface area contributed by atoms with Crippen molar-refractivity contribution in [1.29, 1.82) is 0 Å². The first-order valence-electron chi connectivity index (χ1n) is 15.2. The van der Waals surface area contributed by atoms with E-state index >= 15 is 0 Å². The summed E-state index contributed by atoms with van der Waals surface area (Å²) in [6.45, 7) is 6.28. The van der Waals surface area contributed by atoms with Crippen molar-refractivity contribution >= 4 is 5.97 Å². The number of cyclic esters (lactones) is 1. The van der Waals surface area contributed by atoms with Crippen LogP contribution in [0.25, 0.3) is 0 Å². The van der Waals surface area contributed by atoms with Gasteiger partial charge in [-0.15, -0.1) is 0 Å². The number of carbonyl (C=O) groups excluding carboxylic acids is 1. The zero-order valence-electron chi connectivity index (χ0n) is 24.1. The first-order valence-corrected chi connectivity index (χ1v) is 15.2. The summed E-state index contributed by atoms with van der Waals surface area (Å²) < 4.78 is 11.1. The first-order chi connectivity index (χ1) is 18.9. The lowest BCUT2D eigenvalue weighted by Gasteiger charge is -2.65. The Labute approximate surface area is 236 Å². The largest absolute Gasteiger partial charge is 0.458 e. The van der Waals surface area contributed by atoms with Crippen molar-refractivity contribution in [1.82, 2.24) is 5.06 Å². The van der Waals surface area contributed by atoms with Gasteiger partial charge in [0.1, 0.15) is 24.9 Å². The summed E-state index contributed by atoms with van der Waals surface area (Å²) in [5, 5.41) is 57.2. The van der Waals surface area contributed by atoms with Crippen molar-refractivity contribution < 1.29 is 44.6 Å². The van der Waals surface area contributed by atoms with Gasteiger partial charge in [-0.2, -0.15) is 5.06 Å². The molecule has 5 fully saturated rings. The number of fused-ring (bicyclic) bond motifs is 5. The molecular weight excluding hydrogens is 518 g/mol. The summed E-state index contributed by atoms with van der Waals surface area (Å²) in [5.74, 6) is 0.161. The molecular formula is C30H47NO9. The summed E-state index contributed by atoms with van der Waals surface area (Å²) in [5.41, 5.74) is -0.906. The van der Waals surface area contributed by atoms with Crippen LogP contribution in [0.4, 0.5) is 0 Å². The summed E-state index contributed by atoms with van der Waals surface area (Å²) in [6.07, 6.45) is 1.81. The smallest absolute Gasteiger partial charge is 0.331 e. The zero-order chi connectivity index (χ0) is 28.8. The number of hydrogen-bond donors (Lipinski definition) is 5. The van der Waals surface area contributed by atoms with Crippen LogP contribution >= 0.6 is 0 Å². The van der Waals surface area contributed by atoms with Gasteiger partial charge in [-0.25, -0.2) is 4.79 Å². The summed E-state index contributed by atoms with van der Waals surface area (Å²) in [6, 6.07) is -0.0431. The van der Waals surface area contributed by atoms with Gasteiger partial charge in [0.25, 0.3) is 0 Å². The van der Waals surface area contributed by atoms with Crippen LogP contribution in [0.5, 0.6) is 0 Å². The van der Waals surface area contributed by atoms with Crippen LogP contribution in [0.1, 0.15) is 72.1 Å². The zero-order valence-corrected chi connectivity index (χ0v) is 24.1. The molecule has 4 aliphatic carbocycles. The predicted molar refractivity (Wildman–Crippen MR) is 142 cm³/mol. The van der Waals surface area contributed by atoms with Gasteiger partial charge >= 0.3 is 5.97 Å². The van der Waals surface area contributed by atoms with Gasteiger partial charge in [-0.3, -0.25) is 4.84 Å². The molecule has 6 rings (SSSR count). The van der Waals surface area contributed by atoms with Gasteiger partial charge in [-0.05, 0) is 93.0 Å². The maximum atomic E-state index is 12.5. The number of ether oxygens (including phenoxy) is 2. The molecule has 0 aromatic rings. The molecule has 0 bridgehead atoms. The number of rotatable bonds is 4. The first kappa shape index (κ1) is 29.0. The Morgan fingerprint density at radius 1 is 0.975 bits per heavy atom. The fraction of sp³-hybridized carbons (Fsp3) is 0.900. The molecule has 14 atom stereocenters. The van der Waals surface area contributed by atoms with E-state index in [1.165, 1.54) is 0 Å². The van der Waals surface area contributed by atoms with Gasteiger partial charge in [0, 0.05) is 17.5 Å². The minimum Gasteiger partial charge on any atom is -0.458 e. The van der Waals surface area contributed by atoms with E-state index in [0.717, 1.165) is 44.1 Å². The molecule has 0 unspecified atom stereocenters. The Hall–Kier alpha value is -1.11. The second-order valence-electron chi connectivity index (χ2n) is 14.0. The van der Waals surface area contributed by atoms with E-state index < -0.39 is 47.8 Å². The van der Waals surface area contributed by atoms with E-state index in [1.807, 2.05) is 6.92 Å². The predicted octanol–water partition coefficient (Wildman–Crippen LogP) is 1.27. The van der Waals surface area contributed by atoms with Crippen molar-refractivity contribution in [2.45, 2.75) is 121 Å². The molecule has 0 radical (unpaired) electrons. The van der Waals surface area contributed by atoms with E-state index in [4.69, 9.17) is 14.3 Å². The minimum absolute atomic E-state index is 0.0431. The van der Waals surface area contributed by atoms with Crippen LogP contribution in [0.15, 0.2) is 11.6 Å². The molecule has 226 valence electrons. The third-order valence-corrected chi connectivity index (χ3v) is 12.7. The normalized spacial score (nSPS) is 54.4. The molecule has 0 amide bonds. The molecule has 5 N–H and O–H groups in total. The lowest BCUT2D eigenvalue weighted by Crippen LogP contribution is -2.67. The number of esters is 1. The Kier molecular flexibility index (Phi) is 7.23. The molecule has 40 heavy (non-hydrogen) atoms. The molecule has 0 aromatic heterocycles. The number of nitrogens with zero attached hydrogens (tertiary/aromatic N) is 1. The highest BCUT2D eigenvalue weighted by Gasteiger charge is 2.71. The SMILES string of the molecule is CON([C@@H]1CC[C@@]2(C)[C@H](CC[C@@H]3[C@@H]2C[C@@H](O)[C@]2(C)[C@@H](C4=CC(=O)OC4)CC[C@]32O)C1)[C@@H]1O[C@H](C)[C@@H](O)[C@H](O)[C@H]1O. The number of aliphatic hydroxyl groups is 5. The van der Waals surface area contributed by atoms with Gasteiger partial charge in [0.2, 0.25) is 0 Å². The third kappa shape index (κ3) is 3.93. The monoisotopic (exact) mass is 565 g/mol. The van der Waals surface area contributed by atoms with Gasteiger partial charge in [-0.1, -0.05) is 13.8 Å².